The smallest absolute Gasteiger partial charge is 0.123 e. The standard InChI is InChI=1S/C21H24ClFN2/c22-19-2-5-21(6-3-19)25-11-9-24(10-12-25)8-7-16-13-17-1-4-20(23)15-18(17)14-16/h1-6,15-16H,7-14H2. The average molecular weight is 359 g/mol. The van der Waals surface area contributed by atoms with Crippen LogP contribution in [0.15, 0.2) is 42.5 Å². The highest BCUT2D eigenvalue weighted by Crippen LogP contribution is 2.29. The van der Waals surface area contributed by atoms with Crippen LogP contribution in [0.4, 0.5) is 10.1 Å². The van der Waals surface area contributed by atoms with Gasteiger partial charge in [-0.2, -0.15) is 0 Å². The molecule has 1 heterocycles. The first-order valence-electron chi connectivity index (χ1n) is 9.17. The molecule has 0 N–H and O–H groups in total. The van der Waals surface area contributed by atoms with Crippen LogP contribution in [0.2, 0.25) is 5.02 Å². The molecule has 2 nitrogen and oxygen atoms in total. The normalized spacial score (nSPS) is 20.7. The summed E-state index contributed by atoms with van der Waals surface area (Å²) in [5.74, 6) is 0.573. The number of nitrogens with zero attached hydrogens (tertiary/aromatic N) is 2. The van der Waals surface area contributed by atoms with E-state index in [1.54, 1.807) is 12.1 Å². The lowest BCUT2D eigenvalue weighted by atomic mass is 10.0. The number of fused-ring (bicyclic) bond motifs is 1. The monoisotopic (exact) mass is 358 g/mol. The van der Waals surface area contributed by atoms with E-state index in [2.05, 4.69) is 21.9 Å². The van der Waals surface area contributed by atoms with Crippen molar-refractivity contribution in [3.63, 3.8) is 0 Å². The number of benzene rings is 2. The third kappa shape index (κ3) is 3.99. The van der Waals surface area contributed by atoms with Crippen LogP contribution < -0.4 is 4.90 Å². The molecule has 0 bridgehead atoms. The van der Waals surface area contributed by atoms with E-state index in [1.807, 2.05) is 18.2 Å². The van der Waals surface area contributed by atoms with Crippen LogP contribution in [-0.4, -0.2) is 37.6 Å². The van der Waals surface area contributed by atoms with Gasteiger partial charge in [-0.1, -0.05) is 17.7 Å². The molecule has 132 valence electrons. The third-order valence-corrected chi connectivity index (χ3v) is 5.86. The maximum atomic E-state index is 13.3. The van der Waals surface area contributed by atoms with Gasteiger partial charge in [0.2, 0.25) is 0 Å². The first-order valence-corrected chi connectivity index (χ1v) is 9.55. The highest BCUT2D eigenvalue weighted by Gasteiger charge is 2.23. The summed E-state index contributed by atoms with van der Waals surface area (Å²) in [5, 5.41) is 0.792. The summed E-state index contributed by atoms with van der Waals surface area (Å²) in [4.78, 5) is 5.00. The van der Waals surface area contributed by atoms with E-state index in [4.69, 9.17) is 11.6 Å². The number of anilines is 1. The molecule has 1 saturated heterocycles. The molecule has 1 aliphatic heterocycles. The number of hydrogen-bond acceptors (Lipinski definition) is 2. The van der Waals surface area contributed by atoms with Crippen LogP contribution in [-0.2, 0) is 12.8 Å². The van der Waals surface area contributed by atoms with E-state index in [1.165, 1.54) is 23.2 Å². The zero-order chi connectivity index (χ0) is 17.2. The lowest BCUT2D eigenvalue weighted by Gasteiger charge is -2.36. The second-order valence-electron chi connectivity index (χ2n) is 7.28. The molecule has 0 amide bonds. The lowest BCUT2D eigenvalue weighted by molar-refractivity contribution is 0.239. The first kappa shape index (κ1) is 16.9. The van der Waals surface area contributed by atoms with Crippen molar-refractivity contribution in [2.75, 3.05) is 37.6 Å². The molecular formula is C21H24ClFN2. The summed E-state index contributed by atoms with van der Waals surface area (Å²) >= 11 is 5.97. The summed E-state index contributed by atoms with van der Waals surface area (Å²) in [6.07, 6.45) is 3.36. The van der Waals surface area contributed by atoms with Gasteiger partial charge in [0.05, 0.1) is 0 Å². The molecule has 2 aliphatic rings. The van der Waals surface area contributed by atoms with Crippen LogP contribution in [0.1, 0.15) is 17.5 Å². The topological polar surface area (TPSA) is 6.48 Å². The molecular weight excluding hydrogens is 335 g/mol. The van der Waals surface area contributed by atoms with Gasteiger partial charge in [-0.25, -0.2) is 4.39 Å². The molecule has 0 radical (unpaired) electrons. The summed E-state index contributed by atoms with van der Waals surface area (Å²) in [6.45, 7) is 5.50. The fourth-order valence-electron chi connectivity index (χ4n) is 4.13. The van der Waals surface area contributed by atoms with Crippen molar-refractivity contribution in [3.8, 4) is 0 Å². The van der Waals surface area contributed by atoms with E-state index in [-0.39, 0.29) is 5.82 Å². The third-order valence-electron chi connectivity index (χ3n) is 5.60. The van der Waals surface area contributed by atoms with E-state index in [9.17, 15) is 4.39 Å². The molecule has 25 heavy (non-hydrogen) atoms. The van der Waals surface area contributed by atoms with Crippen molar-refractivity contribution in [2.24, 2.45) is 5.92 Å². The Bertz CT molecular complexity index is 723. The van der Waals surface area contributed by atoms with Crippen LogP contribution in [0.3, 0.4) is 0 Å². The first-order chi connectivity index (χ1) is 12.2. The van der Waals surface area contributed by atoms with Gasteiger partial charge >= 0.3 is 0 Å². The minimum atomic E-state index is -0.0993. The number of hydrogen-bond donors (Lipinski definition) is 0. The Morgan fingerprint density at radius 1 is 0.920 bits per heavy atom. The fourth-order valence-corrected chi connectivity index (χ4v) is 4.25. The zero-order valence-corrected chi connectivity index (χ0v) is 15.2. The Balaban J connectivity index is 1.24. The van der Waals surface area contributed by atoms with Crippen LogP contribution in [0, 0.1) is 11.7 Å². The molecule has 0 aromatic heterocycles. The molecule has 2 aromatic rings. The fraction of sp³-hybridized carbons (Fsp3) is 0.429. The van der Waals surface area contributed by atoms with Crippen molar-refractivity contribution in [3.05, 3.63) is 64.4 Å². The molecule has 1 fully saturated rings. The number of halogens is 2. The van der Waals surface area contributed by atoms with Gasteiger partial charge in [-0.15, -0.1) is 0 Å². The van der Waals surface area contributed by atoms with E-state index in [0.29, 0.717) is 5.92 Å². The number of rotatable bonds is 4. The van der Waals surface area contributed by atoms with Gasteiger partial charge in [0.15, 0.2) is 0 Å². The molecule has 1 unspecified atom stereocenters. The second-order valence-corrected chi connectivity index (χ2v) is 7.72. The number of piperazine rings is 1. The van der Waals surface area contributed by atoms with Gasteiger partial charge < -0.3 is 4.90 Å². The minimum absolute atomic E-state index is 0.0993. The van der Waals surface area contributed by atoms with Gasteiger partial charge in [0, 0.05) is 36.9 Å². The van der Waals surface area contributed by atoms with Gasteiger partial charge in [-0.05, 0) is 79.3 Å². The molecule has 0 saturated carbocycles. The maximum absolute atomic E-state index is 13.3. The van der Waals surface area contributed by atoms with Crippen LogP contribution in [0.5, 0.6) is 0 Å². The van der Waals surface area contributed by atoms with Gasteiger partial charge in [-0.3, -0.25) is 4.90 Å². The molecule has 2 aromatic carbocycles. The summed E-state index contributed by atoms with van der Waals surface area (Å²) in [6, 6.07) is 13.4. The quantitative estimate of drug-likeness (QED) is 0.799. The SMILES string of the molecule is Fc1ccc2c(c1)CC(CCN1CCN(c3ccc(Cl)cc3)CC1)C2. The average Bonchev–Trinajstić information content (AvgIpc) is 3.03. The molecule has 1 atom stereocenters. The molecule has 1 aliphatic carbocycles. The van der Waals surface area contributed by atoms with Crippen molar-refractivity contribution < 1.29 is 4.39 Å². The summed E-state index contributed by atoms with van der Waals surface area (Å²) < 4.78 is 13.3. The van der Waals surface area contributed by atoms with Crippen LogP contribution >= 0.6 is 11.6 Å². The van der Waals surface area contributed by atoms with Crippen molar-refractivity contribution in [1.82, 2.24) is 4.90 Å². The van der Waals surface area contributed by atoms with Gasteiger partial charge in [0.25, 0.3) is 0 Å². The zero-order valence-electron chi connectivity index (χ0n) is 14.4. The Hall–Kier alpha value is -1.58. The molecule has 0 spiro atoms. The van der Waals surface area contributed by atoms with Gasteiger partial charge in [0.1, 0.15) is 5.82 Å². The van der Waals surface area contributed by atoms with E-state index >= 15 is 0 Å². The van der Waals surface area contributed by atoms with Crippen LogP contribution in [0.25, 0.3) is 0 Å². The Kier molecular flexibility index (Phi) is 4.96. The lowest BCUT2D eigenvalue weighted by Crippen LogP contribution is -2.46. The highest BCUT2D eigenvalue weighted by atomic mass is 35.5. The predicted molar refractivity (Wildman–Crippen MR) is 102 cm³/mol. The minimum Gasteiger partial charge on any atom is -0.369 e. The summed E-state index contributed by atoms with van der Waals surface area (Å²) in [5.41, 5.74) is 3.83. The largest absolute Gasteiger partial charge is 0.369 e. The van der Waals surface area contributed by atoms with Crippen molar-refractivity contribution in [1.29, 1.82) is 0 Å². The summed E-state index contributed by atoms with van der Waals surface area (Å²) in [7, 11) is 0. The second kappa shape index (κ2) is 7.35. The van der Waals surface area contributed by atoms with Crippen molar-refractivity contribution >= 4 is 17.3 Å². The molecule has 4 rings (SSSR count). The Labute approximate surface area is 154 Å². The van der Waals surface area contributed by atoms with E-state index in [0.717, 1.165) is 50.6 Å². The van der Waals surface area contributed by atoms with E-state index < -0.39 is 0 Å². The molecule has 4 heteroatoms. The highest BCUT2D eigenvalue weighted by molar-refractivity contribution is 6.30. The maximum Gasteiger partial charge on any atom is 0.123 e. The predicted octanol–water partition coefficient (Wildman–Crippen LogP) is 4.41. The Morgan fingerprint density at radius 3 is 2.40 bits per heavy atom. The van der Waals surface area contributed by atoms with Crippen molar-refractivity contribution in [2.45, 2.75) is 19.3 Å². The Morgan fingerprint density at radius 2 is 1.64 bits per heavy atom.